The first-order valence-corrected chi connectivity index (χ1v) is 5.97. The van der Waals surface area contributed by atoms with Crippen LogP contribution < -0.4 is 19.8 Å². The van der Waals surface area contributed by atoms with Gasteiger partial charge in [0.25, 0.3) is 0 Å². The summed E-state index contributed by atoms with van der Waals surface area (Å²) in [5, 5.41) is 0. The van der Waals surface area contributed by atoms with Crippen molar-refractivity contribution in [2.75, 3.05) is 0 Å². The maximum absolute atomic E-state index is 10.1. The zero-order valence-electron chi connectivity index (χ0n) is 8.82. The number of nitrogens with one attached hydrogen (secondary N) is 2. The predicted octanol–water partition coefficient (Wildman–Crippen LogP) is -0.214. The van der Waals surface area contributed by atoms with E-state index in [0.29, 0.717) is 0 Å². The Morgan fingerprint density at radius 1 is 0.765 bits per heavy atom. The molecule has 0 fully saturated rings. The summed E-state index contributed by atoms with van der Waals surface area (Å²) in [5.74, 6) is 0. The molecule has 2 aromatic heterocycles. The summed E-state index contributed by atoms with van der Waals surface area (Å²) in [6.45, 7) is 0. The summed E-state index contributed by atoms with van der Waals surface area (Å²) in [6, 6.07) is 11.7. The van der Waals surface area contributed by atoms with E-state index in [1.807, 2.05) is 61.2 Å². The van der Waals surface area contributed by atoms with Crippen LogP contribution in [0.5, 0.6) is 0 Å². The van der Waals surface area contributed by atoms with Gasteiger partial charge in [-0.05, 0) is 0 Å². The minimum absolute atomic E-state index is 1.88. The lowest BCUT2D eigenvalue weighted by Gasteiger charge is -2.15. The lowest BCUT2D eigenvalue weighted by Crippen LogP contribution is -2.07. The number of aromatic nitrogens is 2. The highest BCUT2D eigenvalue weighted by Gasteiger charge is 1.69. The highest BCUT2D eigenvalue weighted by molar-refractivity contribution is 7.42. The van der Waals surface area contributed by atoms with Crippen LogP contribution in [0, 0.1) is 0 Å². The molecule has 2 N–H and O–H groups in total. The van der Waals surface area contributed by atoms with Gasteiger partial charge in [-0.2, -0.15) is 0 Å². The molecule has 0 saturated heterocycles. The monoisotopic (exact) mass is 258 g/mol. The fraction of sp³-hybridized carbons (Fsp3) is 0. The van der Waals surface area contributed by atoms with Crippen LogP contribution >= 0.6 is 7.91 Å². The van der Waals surface area contributed by atoms with Crippen molar-refractivity contribution in [2.24, 2.45) is 0 Å². The molecule has 0 amide bonds. The number of hydrogen-bond donors (Lipinski definition) is 0. The maximum atomic E-state index is 10.1. The molecule has 17 heavy (non-hydrogen) atoms. The highest BCUT2D eigenvalue weighted by Crippen LogP contribution is 2.22. The van der Waals surface area contributed by atoms with Crippen molar-refractivity contribution in [2.45, 2.75) is 0 Å². The van der Waals surface area contributed by atoms with Gasteiger partial charge < -0.3 is 14.4 Å². The van der Waals surface area contributed by atoms with Crippen molar-refractivity contribution in [3.63, 3.8) is 0 Å². The Balaban J connectivity index is 0.000000228. The van der Waals surface area contributed by atoms with Crippen molar-refractivity contribution >= 4 is 7.91 Å². The van der Waals surface area contributed by atoms with E-state index >= 15 is 0 Å². The second kappa shape index (κ2) is 9.59. The van der Waals surface area contributed by atoms with Crippen LogP contribution in [0.4, 0.5) is 4.20 Å². The summed E-state index contributed by atoms with van der Waals surface area (Å²) >= 11 is 0. The first-order chi connectivity index (χ1) is 8.00. The molecule has 2 aromatic rings. The second-order valence-corrected chi connectivity index (χ2v) is 3.45. The Morgan fingerprint density at radius 3 is 1.06 bits per heavy atom. The second-order valence-electron chi connectivity index (χ2n) is 2.59. The van der Waals surface area contributed by atoms with E-state index in [0.717, 1.165) is 0 Å². The van der Waals surface area contributed by atoms with E-state index in [4.69, 9.17) is 14.4 Å². The third kappa shape index (κ3) is 20.5. The summed E-state index contributed by atoms with van der Waals surface area (Å²) in [4.78, 5) is 22.7. The van der Waals surface area contributed by atoms with Gasteiger partial charge in [0, 0.05) is 24.3 Å². The first-order valence-electron chi connectivity index (χ1n) is 4.54. The molecule has 2 rings (SSSR count). The van der Waals surface area contributed by atoms with Gasteiger partial charge in [-0.3, -0.25) is 0 Å². The third-order valence-electron chi connectivity index (χ3n) is 1.21. The molecule has 92 valence electrons. The number of H-pyrrole nitrogens is 2. The smallest absolute Gasteiger partial charge is 0.166 e. The third-order valence-corrected chi connectivity index (χ3v) is 1.21. The van der Waals surface area contributed by atoms with Crippen molar-refractivity contribution < 1.29 is 28.5 Å². The van der Waals surface area contributed by atoms with Crippen LogP contribution in [0.25, 0.3) is 0 Å². The van der Waals surface area contributed by atoms with Crippen LogP contribution in [0.1, 0.15) is 0 Å². The number of pyridine rings is 2. The van der Waals surface area contributed by atoms with Gasteiger partial charge >= 0.3 is 0 Å². The number of rotatable bonds is 0. The van der Waals surface area contributed by atoms with Crippen LogP contribution in [-0.2, 0) is 4.57 Å². The zero-order chi connectivity index (χ0) is 13.0. The molecule has 0 bridgehead atoms. The molecule has 0 spiro atoms. The summed E-state index contributed by atoms with van der Waals surface area (Å²) < 4.78 is 18.6. The lowest BCUT2D eigenvalue weighted by atomic mass is 10.5. The fourth-order valence-electron chi connectivity index (χ4n) is 0.684. The predicted molar refractivity (Wildman–Crippen MR) is 54.7 cm³/mol. The largest absolute Gasteiger partial charge is 0.786 e. The number of hydrogen-bond acceptors (Lipinski definition) is 3. The Kier molecular flexibility index (Phi) is 8.68. The van der Waals surface area contributed by atoms with Gasteiger partial charge in [-0.15, -0.1) is 0 Å². The normalized spacial score (nSPS) is 9.12. The topological polar surface area (TPSA) is 91.5 Å². The Labute approximate surface area is 98.3 Å². The Bertz CT molecular complexity index is 317. The quantitative estimate of drug-likeness (QED) is 0.612. The highest BCUT2D eigenvalue weighted by atomic mass is 31.2. The van der Waals surface area contributed by atoms with E-state index in [1.165, 1.54) is 0 Å². The van der Waals surface area contributed by atoms with Crippen LogP contribution in [0.2, 0.25) is 0 Å². The fourth-order valence-corrected chi connectivity index (χ4v) is 0.684. The first kappa shape index (κ1) is 15.4. The van der Waals surface area contributed by atoms with Crippen molar-refractivity contribution in [1.29, 1.82) is 0 Å². The van der Waals surface area contributed by atoms with E-state index in [9.17, 15) is 4.20 Å². The molecule has 7 heteroatoms. The number of aromatic amines is 2. The molecule has 2 heterocycles. The van der Waals surface area contributed by atoms with Gasteiger partial charge in [-0.1, -0.05) is 12.1 Å². The SMILES string of the molecule is O=P([O-])([O-])F.c1cc[nH+]cc1.c1cc[nH+]cc1. The maximum Gasteiger partial charge on any atom is 0.166 e. The lowest BCUT2D eigenvalue weighted by molar-refractivity contribution is -0.378. The van der Waals surface area contributed by atoms with Crippen molar-refractivity contribution in [3.05, 3.63) is 61.2 Å². The molecule has 0 aliphatic rings. The van der Waals surface area contributed by atoms with Gasteiger partial charge in [0.05, 0.1) is 0 Å². The molecule has 0 aliphatic heterocycles. The average molecular weight is 258 g/mol. The summed E-state index contributed by atoms with van der Waals surface area (Å²) in [6.07, 6.45) is 7.50. The van der Waals surface area contributed by atoms with Crippen LogP contribution in [0.15, 0.2) is 61.2 Å². The average Bonchev–Trinajstić information content (AvgIpc) is 2.32. The molecular formula is C10H12FN2O3P. The number of halogens is 1. The molecule has 5 nitrogen and oxygen atoms in total. The molecule has 0 atom stereocenters. The standard InChI is InChI=1S/2C5H5N.FH2O3P/c2*1-2-4-6-5-3-1;1-5(2,3)4/h2*1-5H;(H2,2,3,4). The van der Waals surface area contributed by atoms with Crippen molar-refractivity contribution in [1.82, 2.24) is 0 Å². The van der Waals surface area contributed by atoms with Gasteiger partial charge in [-0.25, -0.2) is 14.2 Å². The molecule has 0 aliphatic carbocycles. The molecule has 0 unspecified atom stereocenters. The zero-order valence-corrected chi connectivity index (χ0v) is 9.72. The van der Waals surface area contributed by atoms with Crippen LogP contribution in [-0.4, -0.2) is 0 Å². The van der Waals surface area contributed by atoms with E-state index in [2.05, 4.69) is 9.97 Å². The summed E-state index contributed by atoms with van der Waals surface area (Å²) in [5.41, 5.74) is 0. The van der Waals surface area contributed by atoms with E-state index < -0.39 is 7.91 Å². The van der Waals surface area contributed by atoms with E-state index in [1.54, 1.807) is 0 Å². The van der Waals surface area contributed by atoms with Crippen molar-refractivity contribution in [3.8, 4) is 0 Å². The summed E-state index contributed by atoms with van der Waals surface area (Å²) in [7, 11) is -5.64. The van der Waals surface area contributed by atoms with Gasteiger partial charge in [0.2, 0.25) is 0 Å². The molecule has 0 aromatic carbocycles. The van der Waals surface area contributed by atoms with Gasteiger partial charge in [0.15, 0.2) is 24.8 Å². The Hall–Kier alpha value is -1.62. The minimum atomic E-state index is -5.64. The molecular weight excluding hydrogens is 246 g/mol. The van der Waals surface area contributed by atoms with Gasteiger partial charge in [0.1, 0.15) is 7.91 Å². The molecule has 0 radical (unpaired) electrons. The molecule has 0 saturated carbocycles. The van der Waals surface area contributed by atoms with Crippen LogP contribution in [0.3, 0.4) is 0 Å². The Morgan fingerprint density at radius 2 is 1.00 bits per heavy atom. The minimum Gasteiger partial charge on any atom is -0.786 e. The van der Waals surface area contributed by atoms with E-state index in [-0.39, 0.29) is 0 Å².